The highest BCUT2D eigenvalue weighted by atomic mass is 16.4. The molecule has 5 heteroatoms. The molecular weight excluding hydrogens is 218 g/mol. The molecule has 2 rings (SSSR count). The Balaban J connectivity index is 2.33. The van der Waals surface area contributed by atoms with Gasteiger partial charge < -0.3 is 5.11 Å². The van der Waals surface area contributed by atoms with Gasteiger partial charge in [-0.1, -0.05) is 12.1 Å². The van der Waals surface area contributed by atoms with Crippen LogP contribution in [0.15, 0.2) is 36.7 Å². The highest BCUT2D eigenvalue weighted by molar-refractivity contribution is 5.83. The van der Waals surface area contributed by atoms with Crippen LogP contribution in [0.5, 0.6) is 0 Å². The van der Waals surface area contributed by atoms with Crippen LogP contribution in [0.1, 0.15) is 16.2 Å². The number of benzene rings is 1. The largest absolute Gasteiger partial charge is 0.475 e. The lowest BCUT2D eigenvalue weighted by atomic mass is 10.1. The zero-order chi connectivity index (χ0) is 12.3. The minimum atomic E-state index is -1.16. The molecule has 0 spiro atoms. The van der Waals surface area contributed by atoms with Crippen molar-refractivity contribution in [1.29, 1.82) is 5.26 Å². The average Bonchev–Trinajstić information content (AvgIpc) is 2.39. The van der Waals surface area contributed by atoms with E-state index in [4.69, 9.17) is 10.4 Å². The third kappa shape index (κ3) is 2.26. The van der Waals surface area contributed by atoms with Crippen molar-refractivity contribution in [3.8, 4) is 17.2 Å². The fraction of sp³-hybridized carbons (Fsp3) is 0. The second-order valence-corrected chi connectivity index (χ2v) is 3.29. The first-order valence-corrected chi connectivity index (χ1v) is 4.76. The SMILES string of the molecule is N#Cc1ccc(-c2cnc(C(=O)O)nc2)cc1. The zero-order valence-electron chi connectivity index (χ0n) is 8.66. The maximum absolute atomic E-state index is 10.6. The molecule has 0 atom stereocenters. The molecule has 0 radical (unpaired) electrons. The Hall–Kier alpha value is -2.74. The van der Waals surface area contributed by atoms with Crippen LogP contribution in [0.2, 0.25) is 0 Å². The van der Waals surface area contributed by atoms with Crippen LogP contribution in [-0.2, 0) is 0 Å². The van der Waals surface area contributed by atoms with Crippen LogP contribution < -0.4 is 0 Å². The van der Waals surface area contributed by atoms with Gasteiger partial charge in [0.15, 0.2) is 0 Å². The number of rotatable bonds is 2. The minimum absolute atomic E-state index is 0.234. The predicted molar refractivity (Wildman–Crippen MR) is 59.1 cm³/mol. The third-order valence-corrected chi connectivity index (χ3v) is 2.19. The number of nitrogens with zero attached hydrogens (tertiary/aromatic N) is 3. The van der Waals surface area contributed by atoms with Crippen LogP contribution in [0, 0.1) is 11.3 Å². The first-order valence-electron chi connectivity index (χ1n) is 4.76. The van der Waals surface area contributed by atoms with Crippen LogP contribution in [0.4, 0.5) is 0 Å². The van der Waals surface area contributed by atoms with E-state index in [0.29, 0.717) is 11.1 Å². The van der Waals surface area contributed by atoms with Crippen molar-refractivity contribution in [3.63, 3.8) is 0 Å². The fourth-order valence-electron chi connectivity index (χ4n) is 1.32. The molecule has 0 aliphatic rings. The molecule has 1 heterocycles. The predicted octanol–water partition coefficient (Wildman–Crippen LogP) is 1.71. The highest BCUT2D eigenvalue weighted by Gasteiger charge is 2.06. The third-order valence-electron chi connectivity index (χ3n) is 2.19. The van der Waals surface area contributed by atoms with Gasteiger partial charge in [-0.15, -0.1) is 0 Å². The molecule has 2 aromatic rings. The Kier molecular flexibility index (Phi) is 2.79. The van der Waals surface area contributed by atoms with Crippen LogP contribution in [-0.4, -0.2) is 21.0 Å². The van der Waals surface area contributed by atoms with Gasteiger partial charge in [0.2, 0.25) is 5.82 Å². The fourth-order valence-corrected chi connectivity index (χ4v) is 1.32. The van der Waals surface area contributed by atoms with Crippen molar-refractivity contribution < 1.29 is 9.90 Å². The lowest BCUT2D eigenvalue weighted by Crippen LogP contribution is -2.03. The van der Waals surface area contributed by atoms with E-state index in [1.807, 2.05) is 6.07 Å². The van der Waals surface area contributed by atoms with E-state index < -0.39 is 5.97 Å². The number of nitriles is 1. The summed E-state index contributed by atoms with van der Waals surface area (Å²) in [5, 5.41) is 17.3. The molecule has 0 aliphatic carbocycles. The molecule has 5 nitrogen and oxygen atoms in total. The summed E-state index contributed by atoms with van der Waals surface area (Å²) in [6, 6.07) is 8.91. The summed E-state index contributed by atoms with van der Waals surface area (Å²) >= 11 is 0. The average molecular weight is 225 g/mol. The summed E-state index contributed by atoms with van der Waals surface area (Å²) in [4.78, 5) is 18.0. The van der Waals surface area contributed by atoms with Gasteiger partial charge in [0.25, 0.3) is 0 Å². The lowest BCUT2D eigenvalue weighted by Gasteiger charge is -2.00. The summed E-state index contributed by atoms with van der Waals surface area (Å²) in [5.74, 6) is -1.39. The molecule has 1 aromatic heterocycles. The summed E-state index contributed by atoms with van der Waals surface area (Å²) in [5.41, 5.74) is 2.11. The van der Waals surface area contributed by atoms with Gasteiger partial charge in [-0.2, -0.15) is 5.26 Å². The molecule has 0 bridgehead atoms. The first-order chi connectivity index (χ1) is 8.20. The summed E-state index contributed by atoms with van der Waals surface area (Å²) in [6.45, 7) is 0. The Morgan fingerprint density at radius 1 is 1.12 bits per heavy atom. The Morgan fingerprint density at radius 3 is 2.18 bits per heavy atom. The van der Waals surface area contributed by atoms with E-state index in [9.17, 15) is 4.79 Å². The second kappa shape index (κ2) is 4.41. The van der Waals surface area contributed by atoms with Gasteiger partial charge in [0.05, 0.1) is 11.6 Å². The normalized spacial score (nSPS) is 9.59. The monoisotopic (exact) mass is 225 g/mol. The smallest absolute Gasteiger partial charge is 0.373 e. The Labute approximate surface area is 97.0 Å². The van der Waals surface area contributed by atoms with Gasteiger partial charge >= 0.3 is 5.97 Å². The van der Waals surface area contributed by atoms with Gasteiger partial charge in [-0.05, 0) is 17.7 Å². The lowest BCUT2D eigenvalue weighted by molar-refractivity contribution is 0.0683. The van der Waals surface area contributed by atoms with Crippen LogP contribution >= 0.6 is 0 Å². The molecule has 1 N–H and O–H groups in total. The van der Waals surface area contributed by atoms with Gasteiger partial charge in [0.1, 0.15) is 0 Å². The maximum atomic E-state index is 10.6. The number of aromatic carboxylic acids is 1. The Bertz CT molecular complexity index is 583. The van der Waals surface area contributed by atoms with E-state index >= 15 is 0 Å². The molecule has 82 valence electrons. The van der Waals surface area contributed by atoms with Gasteiger partial charge in [0, 0.05) is 18.0 Å². The van der Waals surface area contributed by atoms with Gasteiger partial charge in [-0.25, -0.2) is 14.8 Å². The number of carboxylic acids is 1. The topological polar surface area (TPSA) is 86.9 Å². The molecule has 0 unspecified atom stereocenters. The first kappa shape index (κ1) is 10.8. The van der Waals surface area contributed by atoms with Crippen molar-refractivity contribution in [1.82, 2.24) is 9.97 Å². The van der Waals surface area contributed by atoms with E-state index in [-0.39, 0.29) is 5.82 Å². The minimum Gasteiger partial charge on any atom is -0.475 e. The number of aromatic nitrogens is 2. The quantitative estimate of drug-likeness (QED) is 0.840. The van der Waals surface area contributed by atoms with Crippen molar-refractivity contribution in [3.05, 3.63) is 48.0 Å². The van der Waals surface area contributed by atoms with Gasteiger partial charge in [-0.3, -0.25) is 0 Å². The molecule has 0 amide bonds. The van der Waals surface area contributed by atoms with Crippen LogP contribution in [0.3, 0.4) is 0 Å². The van der Waals surface area contributed by atoms with E-state index in [1.54, 1.807) is 24.3 Å². The number of hydrogen-bond donors (Lipinski definition) is 1. The molecule has 0 fully saturated rings. The molecule has 0 saturated heterocycles. The van der Waals surface area contributed by atoms with E-state index in [2.05, 4.69) is 9.97 Å². The highest BCUT2D eigenvalue weighted by Crippen LogP contribution is 2.17. The number of hydrogen-bond acceptors (Lipinski definition) is 4. The Morgan fingerprint density at radius 2 is 1.71 bits per heavy atom. The zero-order valence-corrected chi connectivity index (χ0v) is 8.66. The number of carboxylic acid groups (broad SMARTS) is 1. The number of carbonyl (C=O) groups is 1. The summed E-state index contributed by atoms with van der Waals surface area (Å²) in [6.07, 6.45) is 2.88. The molecule has 17 heavy (non-hydrogen) atoms. The van der Waals surface area contributed by atoms with Crippen molar-refractivity contribution in [2.45, 2.75) is 0 Å². The molecule has 0 aliphatic heterocycles. The summed E-state index contributed by atoms with van der Waals surface area (Å²) in [7, 11) is 0. The molecule has 1 aromatic carbocycles. The van der Waals surface area contributed by atoms with Crippen molar-refractivity contribution >= 4 is 5.97 Å². The molecule has 0 saturated carbocycles. The summed E-state index contributed by atoms with van der Waals surface area (Å²) < 4.78 is 0. The standard InChI is InChI=1S/C12H7N3O2/c13-5-8-1-3-9(4-2-8)10-6-14-11(12(16)17)15-7-10/h1-4,6-7H,(H,16,17). The van der Waals surface area contributed by atoms with Crippen molar-refractivity contribution in [2.75, 3.05) is 0 Å². The van der Waals surface area contributed by atoms with E-state index in [0.717, 1.165) is 5.56 Å². The second-order valence-electron chi connectivity index (χ2n) is 3.29. The van der Waals surface area contributed by atoms with Crippen LogP contribution in [0.25, 0.3) is 11.1 Å². The maximum Gasteiger partial charge on any atom is 0.373 e. The van der Waals surface area contributed by atoms with Crippen molar-refractivity contribution in [2.24, 2.45) is 0 Å². The van der Waals surface area contributed by atoms with E-state index in [1.165, 1.54) is 12.4 Å². The molecular formula is C12H7N3O2.